The van der Waals surface area contributed by atoms with Gasteiger partial charge in [0.15, 0.2) is 6.61 Å². The van der Waals surface area contributed by atoms with Crippen LogP contribution in [0.2, 0.25) is 5.15 Å². The summed E-state index contributed by atoms with van der Waals surface area (Å²) < 4.78 is 5.46. The van der Waals surface area contributed by atoms with Gasteiger partial charge in [-0.3, -0.25) is 4.79 Å². The summed E-state index contributed by atoms with van der Waals surface area (Å²) >= 11 is 6.16. The summed E-state index contributed by atoms with van der Waals surface area (Å²) in [5.41, 5.74) is 5.11. The summed E-state index contributed by atoms with van der Waals surface area (Å²) in [5.74, 6) is 0.296. The van der Waals surface area contributed by atoms with E-state index in [9.17, 15) is 4.79 Å². The van der Waals surface area contributed by atoms with Crippen LogP contribution in [0.5, 0.6) is 5.75 Å². The molecule has 1 N–H and O–H groups in total. The molecule has 2 aromatic carbocycles. The van der Waals surface area contributed by atoms with Gasteiger partial charge in [0.25, 0.3) is 5.91 Å². The zero-order valence-electron chi connectivity index (χ0n) is 15.0. The van der Waals surface area contributed by atoms with Crippen LogP contribution in [0.4, 0.5) is 0 Å². The third-order valence-electron chi connectivity index (χ3n) is 3.93. The maximum absolute atomic E-state index is 11.9. The Morgan fingerprint density at radius 1 is 1.22 bits per heavy atom. The molecule has 1 aromatic heterocycles. The van der Waals surface area contributed by atoms with Gasteiger partial charge in [0.2, 0.25) is 0 Å². The SMILES string of the molecule is CCCc1ccc(OCC(=O)N/N=C/c2cc3ccccc3nc2Cl)cc1. The van der Waals surface area contributed by atoms with Crippen LogP contribution in [0, 0.1) is 0 Å². The first kappa shape index (κ1) is 18.9. The number of aryl methyl sites for hydroxylation is 1. The van der Waals surface area contributed by atoms with Crippen LogP contribution in [-0.2, 0) is 11.2 Å². The van der Waals surface area contributed by atoms with Crippen molar-refractivity contribution in [2.75, 3.05) is 6.61 Å². The molecule has 0 fully saturated rings. The van der Waals surface area contributed by atoms with Gasteiger partial charge in [-0.1, -0.05) is 55.3 Å². The highest BCUT2D eigenvalue weighted by Gasteiger charge is 2.04. The Morgan fingerprint density at radius 2 is 2.00 bits per heavy atom. The number of carbonyl (C=O) groups excluding carboxylic acids is 1. The minimum absolute atomic E-state index is 0.117. The molecular formula is C21H20ClN3O2. The molecule has 0 atom stereocenters. The normalized spacial score (nSPS) is 11.0. The number of amides is 1. The molecule has 0 spiro atoms. The number of benzene rings is 2. The van der Waals surface area contributed by atoms with Crippen molar-refractivity contribution in [3.63, 3.8) is 0 Å². The molecule has 0 saturated carbocycles. The van der Waals surface area contributed by atoms with Gasteiger partial charge in [-0.2, -0.15) is 5.10 Å². The number of ether oxygens (including phenoxy) is 1. The standard InChI is InChI=1S/C21H20ClN3O2/c1-2-5-15-8-10-18(11-9-15)27-14-20(26)25-23-13-17-12-16-6-3-4-7-19(16)24-21(17)22/h3-4,6-13H,2,5,14H2,1H3,(H,25,26)/b23-13+. The number of rotatable bonds is 7. The van der Waals surface area contributed by atoms with E-state index >= 15 is 0 Å². The van der Waals surface area contributed by atoms with E-state index in [1.165, 1.54) is 11.8 Å². The van der Waals surface area contributed by atoms with Crippen molar-refractivity contribution in [3.8, 4) is 5.75 Å². The number of para-hydroxylation sites is 1. The Labute approximate surface area is 163 Å². The number of hydrogen-bond acceptors (Lipinski definition) is 4. The van der Waals surface area contributed by atoms with Gasteiger partial charge in [0.05, 0.1) is 11.7 Å². The van der Waals surface area contributed by atoms with E-state index in [1.807, 2.05) is 54.6 Å². The third kappa shape index (κ3) is 5.28. The van der Waals surface area contributed by atoms with Gasteiger partial charge in [-0.15, -0.1) is 0 Å². The summed E-state index contributed by atoms with van der Waals surface area (Å²) in [4.78, 5) is 16.2. The molecule has 0 aliphatic carbocycles. The van der Waals surface area contributed by atoms with Crippen molar-refractivity contribution in [2.45, 2.75) is 19.8 Å². The monoisotopic (exact) mass is 381 g/mol. The van der Waals surface area contributed by atoms with E-state index < -0.39 is 0 Å². The van der Waals surface area contributed by atoms with Crippen LogP contribution in [0.1, 0.15) is 24.5 Å². The fourth-order valence-corrected chi connectivity index (χ4v) is 2.79. The molecule has 1 amide bonds. The molecule has 3 rings (SSSR count). The van der Waals surface area contributed by atoms with E-state index in [-0.39, 0.29) is 12.5 Å². The number of pyridine rings is 1. The minimum atomic E-state index is -0.353. The summed E-state index contributed by atoms with van der Waals surface area (Å²) in [6, 6.07) is 17.3. The lowest BCUT2D eigenvalue weighted by atomic mass is 10.1. The van der Waals surface area contributed by atoms with Gasteiger partial charge < -0.3 is 4.74 Å². The van der Waals surface area contributed by atoms with Crippen molar-refractivity contribution in [1.29, 1.82) is 0 Å². The van der Waals surface area contributed by atoms with Crippen molar-refractivity contribution < 1.29 is 9.53 Å². The van der Waals surface area contributed by atoms with E-state index in [1.54, 1.807) is 0 Å². The molecule has 0 bridgehead atoms. The molecular weight excluding hydrogens is 362 g/mol. The maximum atomic E-state index is 11.9. The summed E-state index contributed by atoms with van der Waals surface area (Å²) in [6.07, 6.45) is 3.60. The molecule has 1 heterocycles. The lowest BCUT2D eigenvalue weighted by Crippen LogP contribution is -2.24. The van der Waals surface area contributed by atoms with Crippen molar-refractivity contribution in [2.24, 2.45) is 5.10 Å². The second-order valence-corrected chi connectivity index (χ2v) is 6.39. The molecule has 0 unspecified atom stereocenters. The van der Waals surface area contributed by atoms with Crippen LogP contribution < -0.4 is 10.2 Å². The second-order valence-electron chi connectivity index (χ2n) is 6.04. The maximum Gasteiger partial charge on any atom is 0.277 e. The quantitative estimate of drug-likeness (QED) is 0.375. The number of aromatic nitrogens is 1. The predicted octanol–water partition coefficient (Wildman–Crippen LogP) is 4.37. The van der Waals surface area contributed by atoms with Crippen LogP contribution >= 0.6 is 11.6 Å². The van der Waals surface area contributed by atoms with Gasteiger partial charge in [-0.25, -0.2) is 10.4 Å². The highest BCUT2D eigenvalue weighted by molar-refractivity contribution is 6.32. The number of nitrogens with one attached hydrogen (secondary N) is 1. The molecule has 27 heavy (non-hydrogen) atoms. The minimum Gasteiger partial charge on any atom is -0.484 e. The molecule has 0 radical (unpaired) electrons. The predicted molar refractivity (Wildman–Crippen MR) is 108 cm³/mol. The van der Waals surface area contributed by atoms with E-state index in [4.69, 9.17) is 16.3 Å². The molecule has 6 heteroatoms. The average Bonchev–Trinajstić information content (AvgIpc) is 2.68. The number of carbonyl (C=O) groups is 1. The van der Waals surface area contributed by atoms with E-state index in [0.29, 0.717) is 16.5 Å². The van der Waals surface area contributed by atoms with E-state index in [2.05, 4.69) is 22.4 Å². The smallest absolute Gasteiger partial charge is 0.277 e. The fraction of sp³-hybridized carbons (Fsp3) is 0.190. The first-order valence-corrected chi connectivity index (χ1v) is 9.12. The number of nitrogens with zero attached hydrogens (tertiary/aromatic N) is 2. The van der Waals surface area contributed by atoms with Crippen molar-refractivity contribution in [3.05, 3.63) is 70.9 Å². The summed E-state index contributed by atoms with van der Waals surface area (Å²) in [5, 5.41) is 5.21. The van der Waals surface area contributed by atoms with Crippen LogP contribution in [0.3, 0.4) is 0 Å². The summed E-state index contributed by atoms with van der Waals surface area (Å²) in [6.45, 7) is 2.02. The Balaban J connectivity index is 1.53. The highest BCUT2D eigenvalue weighted by Crippen LogP contribution is 2.19. The molecule has 0 saturated heterocycles. The van der Waals surface area contributed by atoms with Crippen molar-refractivity contribution >= 4 is 34.6 Å². The lowest BCUT2D eigenvalue weighted by molar-refractivity contribution is -0.123. The number of hydrogen-bond donors (Lipinski definition) is 1. The number of halogens is 1. The Kier molecular flexibility index (Phi) is 6.39. The van der Waals surface area contributed by atoms with Gasteiger partial charge >= 0.3 is 0 Å². The van der Waals surface area contributed by atoms with Gasteiger partial charge in [-0.05, 0) is 36.2 Å². The molecule has 5 nitrogen and oxygen atoms in total. The second kappa shape index (κ2) is 9.14. The summed E-state index contributed by atoms with van der Waals surface area (Å²) in [7, 11) is 0. The van der Waals surface area contributed by atoms with Crippen LogP contribution in [-0.4, -0.2) is 23.7 Å². The topological polar surface area (TPSA) is 63.6 Å². The van der Waals surface area contributed by atoms with Crippen LogP contribution in [0.15, 0.2) is 59.7 Å². The average molecular weight is 382 g/mol. The largest absolute Gasteiger partial charge is 0.484 e. The van der Waals surface area contributed by atoms with Gasteiger partial charge in [0.1, 0.15) is 10.9 Å². The fourth-order valence-electron chi connectivity index (χ4n) is 2.60. The Hall–Kier alpha value is -2.92. The molecule has 3 aromatic rings. The number of fused-ring (bicyclic) bond motifs is 1. The third-order valence-corrected chi connectivity index (χ3v) is 4.23. The number of hydrazone groups is 1. The van der Waals surface area contributed by atoms with E-state index in [0.717, 1.165) is 23.7 Å². The lowest BCUT2D eigenvalue weighted by Gasteiger charge is -2.06. The van der Waals surface area contributed by atoms with Crippen LogP contribution in [0.25, 0.3) is 10.9 Å². The van der Waals surface area contributed by atoms with Crippen molar-refractivity contribution in [1.82, 2.24) is 10.4 Å². The zero-order chi connectivity index (χ0) is 19.1. The molecule has 0 aliphatic heterocycles. The first-order valence-electron chi connectivity index (χ1n) is 8.74. The zero-order valence-corrected chi connectivity index (χ0v) is 15.7. The van der Waals surface area contributed by atoms with Gasteiger partial charge in [0, 0.05) is 10.9 Å². The Morgan fingerprint density at radius 3 is 2.78 bits per heavy atom. The molecule has 0 aliphatic rings. The first-order chi connectivity index (χ1) is 13.2. The Bertz CT molecular complexity index is 955. The molecule has 138 valence electrons. The highest BCUT2D eigenvalue weighted by atomic mass is 35.5.